The summed E-state index contributed by atoms with van der Waals surface area (Å²) in [5, 5.41) is 8.24. The van der Waals surface area contributed by atoms with E-state index < -0.39 is 12.0 Å². The summed E-state index contributed by atoms with van der Waals surface area (Å²) in [6.45, 7) is 0. The number of hydrogen-bond donors (Lipinski definition) is 0. The van der Waals surface area contributed by atoms with E-state index in [4.69, 9.17) is 5.26 Å². The SMILES string of the molecule is N#CCC[C@@H](F)C(=O)c1ccccc1. The van der Waals surface area contributed by atoms with Crippen LogP contribution in [0.25, 0.3) is 0 Å². The van der Waals surface area contributed by atoms with E-state index in [9.17, 15) is 9.18 Å². The van der Waals surface area contributed by atoms with Gasteiger partial charge in [-0.05, 0) is 6.42 Å². The highest BCUT2D eigenvalue weighted by Crippen LogP contribution is 2.10. The van der Waals surface area contributed by atoms with E-state index in [0.717, 1.165) is 0 Å². The molecule has 0 aliphatic rings. The Hall–Kier alpha value is -1.69. The Balaban J connectivity index is 2.63. The molecule has 1 atom stereocenters. The quantitative estimate of drug-likeness (QED) is 0.686. The Morgan fingerprint density at radius 3 is 2.64 bits per heavy atom. The zero-order chi connectivity index (χ0) is 10.4. The standard InChI is InChI=1S/C11H10FNO/c12-10(7-4-8-13)11(14)9-5-2-1-3-6-9/h1-3,5-6,10H,4,7H2/t10-/m1/s1. The maximum absolute atomic E-state index is 13.2. The van der Waals surface area contributed by atoms with Crippen molar-refractivity contribution in [3.05, 3.63) is 35.9 Å². The maximum Gasteiger partial charge on any atom is 0.196 e. The molecular formula is C11H10FNO. The number of benzene rings is 1. The molecule has 1 rings (SSSR count). The molecule has 0 fully saturated rings. The third-order valence-electron chi connectivity index (χ3n) is 1.85. The fourth-order valence-electron chi connectivity index (χ4n) is 1.11. The molecule has 0 aliphatic heterocycles. The van der Waals surface area contributed by atoms with Crippen molar-refractivity contribution < 1.29 is 9.18 Å². The fraction of sp³-hybridized carbons (Fsp3) is 0.273. The molecule has 0 amide bonds. The lowest BCUT2D eigenvalue weighted by Crippen LogP contribution is -2.15. The molecule has 0 aliphatic carbocycles. The maximum atomic E-state index is 13.2. The minimum atomic E-state index is -1.56. The first-order valence-corrected chi connectivity index (χ1v) is 4.36. The molecule has 0 saturated carbocycles. The van der Waals surface area contributed by atoms with Crippen LogP contribution in [-0.4, -0.2) is 12.0 Å². The van der Waals surface area contributed by atoms with Crippen molar-refractivity contribution in [2.75, 3.05) is 0 Å². The Labute approximate surface area is 82.0 Å². The predicted octanol–water partition coefficient (Wildman–Crippen LogP) is 2.51. The van der Waals surface area contributed by atoms with Crippen molar-refractivity contribution in [3.8, 4) is 6.07 Å². The highest BCUT2D eigenvalue weighted by molar-refractivity contribution is 5.99. The Bertz CT molecular complexity index is 342. The first-order valence-electron chi connectivity index (χ1n) is 4.36. The van der Waals surface area contributed by atoms with Crippen LogP contribution in [0, 0.1) is 11.3 Å². The summed E-state index contributed by atoms with van der Waals surface area (Å²) in [6, 6.07) is 10.1. The van der Waals surface area contributed by atoms with E-state index in [2.05, 4.69) is 0 Å². The number of nitrogens with zero attached hydrogens (tertiary/aromatic N) is 1. The van der Waals surface area contributed by atoms with Gasteiger partial charge in [0.05, 0.1) is 6.07 Å². The van der Waals surface area contributed by atoms with Gasteiger partial charge in [0.25, 0.3) is 0 Å². The van der Waals surface area contributed by atoms with Gasteiger partial charge in [0.1, 0.15) is 0 Å². The van der Waals surface area contributed by atoms with Gasteiger partial charge in [-0.15, -0.1) is 0 Å². The number of ketones is 1. The number of hydrogen-bond acceptors (Lipinski definition) is 2. The lowest BCUT2D eigenvalue weighted by molar-refractivity contribution is 0.0870. The number of carbonyl (C=O) groups is 1. The van der Waals surface area contributed by atoms with Crippen LogP contribution in [-0.2, 0) is 0 Å². The number of nitriles is 1. The van der Waals surface area contributed by atoms with Crippen LogP contribution in [0.1, 0.15) is 23.2 Å². The van der Waals surface area contributed by atoms with E-state index in [1.165, 1.54) is 0 Å². The minimum Gasteiger partial charge on any atom is -0.291 e. The van der Waals surface area contributed by atoms with E-state index in [-0.39, 0.29) is 12.8 Å². The van der Waals surface area contributed by atoms with Gasteiger partial charge in [-0.2, -0.15) is 5.26 Å². The van der Waals surface area contributed by atoms with Crippen molar-refractivity contribution in [2.24, 2.45) is 0 Å². The van der Waals surface area contributed by atoms with Crippen LogP contribution in [0.5, 0.6) is 0 Å². The summed E-state index contributed by atoms with van der Waals surface area (Å²) in [5.41, 5.74) is 0.359. The molecule has 1 aromatic rings. The third-order valence-corrected chi connectivity index (χ3v) is 1.85. The summed E-state index contributed by atoms with van der Waals surface area (Å²) >= 11 is 0. The lowest BCUT2D eigenvalue weighted by atomic mass is 10.0. The van der Waals surface area contributed by atoms with Crippen molar-refractivity contribution in [3.63, 3.8) is 0 Å². The smallest absolute Gasteiger partial charge is 0.196 e. The average molecular weight is 191 g/mol. The van der Waals surface area contributed by atoms with Crippen LogP contribution in [0.4, 0.5) is 4.39 Å². The number of alkyl halides is 1. The van der Waals surface area contributed by atoms with Gasteiger partial charge < -0.3 is 0 Å². The summed E-state index contributed by atoms with van der Waals surface area (Å²) < 4.78 is 13.2. The second-order valence-corrected chi connectivity index (χ2v) is 2.89. The molecule has 0 spiro atoms. The number of carbonyl (C=O) groups excluding carboxylic acids is 1. The lowest BCUT2D eigenvalue weighted by Gasteiger charge is -2.04. The van der Waals surface area contributed by atoms with Gasteiger partial charge in [-0.3, -0.25) is 4.79 Å². The number of Topliss-reactive ketones (excluding diaryl/α,β-unsaturated/α-hetero) is 1. The van der Waals surface area contributed by atoms with Crippen LogP contribution in [0.2, 0.25) is 0 Å². The molecule has 0 radical (unpaired) electrons. The molecular weight excluding hydrogens is 181 g/mol. The highest BCUT2D eigenvalue weighted by Gasteiger charge is 2.17. The molecule has 0 aromatic heterocycles. The molecule has 72 valence electrons. The minimum absolute atomic E-state index is 0.0236. The molecule has 0 saturated heterocycles. The Morgan fingerprint density at radius 1 is 1.43 bits per heavy atom. The molecule has 3 heteroatoms. The predicted molar refractivity (Wildman–Crippen MR) is 50.5 cm³/mol. The van der Waals surface area contributed by atoms with Crippen molar-refractivity contribution in [1.29, 1.82) is 5.26 Å². The summed E-state index contributed by atoms with van der Waals surface area (Å²) in [7, 11) is 0. The van der Waals surface area contributed by atoms with E-state index in [1.807, 2.05) is 6.07 Å². The molecule has 1 aromatic carbocycles. The zero-order valence-corrected chi connectivity index (χ0v) is 7.61. The number of rotatable bonds is 4. The largest absolute Gasteiger partial charge is 0.291 e. The second-order valence-electron chi connectivity index (χ2n) is 2.89. The van der Waals surface area contributed by atoms with E-state index in [1.54, 1.807) is 30.3 Å². The van der Waals surface area contributed by atoms with Gasteiger partial charge >= 0.3 is 0 Å². The molecule has 0 unspecified atom stereocenters. The van der Waals surface area contributed by atoms with Crippen LogP contribution < -0.4 is 0 Å². The highest BCUT2D eigenvalue weighted by atomic mass is 19.1. The second kappa shape index (κ2) is 5.13. The van der Waals surface area contributed by atoms with E-state index in [0.29, 0.717) is 5.56 Å². The normalized spacial score (nSPS) is 11.7. The molecule has 0 N–H and O–H groups in total. The topological polar surface area (TPSA) is 40.9 Å². The molecule has 0 heterocycles. The van der Waals surface area contributed by atoms with Crippen molar-refractivity contribution in [1.82, 2.24) is 0 Å². The van der Waals surface area contributed by atoms with Gasteiger partial charge in [0.15, 0.2) is 12.0 Å². The first kappa shape index (κ1) is 10.4. The summed E-state index contributed by atoms with van der Waals surface area (Å²) in [4.78, 5) is 11.4. The molecule has 0 bridgehead atoms. The van der Waals surface area contributed by atoms with Gasteiger partial charge in [-0.1, -0.05) is 30.3 Å². The van der Waals surface area contributed by atoms with Crippen LogP contribution in [0.3, 0.4) is 0 Å². The monoisotopic (exact) mass is 191 g/mol. The third kappa shape index (κ3) is 2.67. The molecule has 14 heavy (non-hydrogen) atoms. The number of halogens is 1. The van der Waals surface area contributed by atoms with Gasteiger partial charge in [-0.25, -0.2) is 4.39 Å². The van der Waals surface area contributed by atoms with Crippen LogP contribution in [0.15, 0.2) is 30.3 Å². The molecule has 2 nitrogen and oxygen atoms in total. The van der Waals surface area contributed by atoms with Crippen molar-refractivity contribution in [2.45, 2.75) is 19.0 Å². The van der Waals surface area contributed by atoms with E-state index >= 15 is 0 Å². The van der Waals surface area contributed by atoms with Gasteiger partial charge in [0.2, 0.25) is 0 Å². The summed E-state index contributed by atoms with van der Waals surface area (Å²) in [5.74, 6) is -0.541. The van der Waals surface area contributed by atoms with Gasteiger partial charge in [0, 0.05) is 12.0 Å². The Kier molecular flexibility index (Phi) is 3.81. The first-order chi connectivity index (χ1) is 6.75. The zero-order valence-electron chi connectivity index (χ0n) is 7.61. The van der Waals surface area contributed by atoms with Crippen LogP contribution >= 0.6 is 0 Å². The average Bonchev–Trinajstić information content (AvgIpc) is 2.26. The fourth-order valence-corrected chi connectivity index (χ4v) is 1.11. The Morgan fingerprint density at radius 2 is 2.07 bits per heavy atom. The van der Waals surface area contributed by atoms with Crippen molar-refractivity contribution >= 4 is 5.78 Å². The summed E-state index contributed by atoms with van der Waals surface area (Å²) in [6.07, 6.45) is -1.51.